The minimum absolute atomic E-state index is 0.146. The minimum atomic E-state index is -0.146. The van der Waals surface area contributed by atoms with Gasteiger partial charge in [0.15, 0.2) is 0 Å². The van der Waals surface area contributed by atoms with E-state index >= 15 is 0 Å². The van der Waals surface area contributed by atoms with Crippen LogP contribution in [0.1, 0.15) is 36.0 Å². The predicted molar refractivity (Wildman–Crippen MR) is 94.9 cm³/mol. The number of benzene rings is 1. The number of nitriles is 1. The minimum Gasteiger partial charge on any atom is -0.388 e. The maximum Gasteiger partial charge on any atom is 0.145 e. The fourth-order valence-electron chi connectivity index (χ4n) is 3.54. The molecule has 0 N–H and O–H groups in total. The van der Waals surface area contributed by atoms with Gasteiger partial charge in [0, 0.05) is 56.9 Å². The molecule has 0 radical (unpaired) electrons. The van der Waals surface area contributed by atoms with Gasteiger partial charge in [-0.05, 0) is 29.8 Å². The zero-order valence-electron chi connectivity index (χ0n) is 14.1. The molecule has 0 bridgehead atoms. The number of aromatic nitrogens is 1. The van der Waals surface area contributed by atoms with E-state index in [1.165, 1.54) is 5.56 Å². The highest BCUT2D eigenvalue weighted by Crippen LogP contribution is 2.36. The molecule has 1 spiro atoms. The van der Waals surface area contributed by atoms with Crippen LogP contribution in [-0.4, -0.2) is 34.3 Å². The molecule has 2 aliphatic rings. The van der Waals surface area contributed by atoms with Gasteiger partial charge in [-0.25, -0.2) is 0 Å². The molecule has 1 aromatic heterocycles. The van der Waals surface area contributed by atoms with Crippen molar-refractivity contribution in [3.8, 4) is 6.07 Å². The Labute approximate surface area is 147 Å². The summed E-state index contributed by atoms with van der Waals surface area (Å²) < 4.78 is 0. The number of oxime groups is 1. The molecule has 1 aromatic carbocycles. The fourth-order valence-corrected chi connectivity index (χ4v) is 3.54. The molecule has 0 atom stereocenters. The first-order valence-electron chi connectivity index (χ1n) is 8.63. The second-order valence-corrected chi connectivity index (χ2v) is 6.82. The Balaban J connectivity index is 1.34. The van der Waals surface area contributed by atoms with Crippen molar-refractivity contribution in [1.82, 2.24) is 9.88 Å². The van der Waals surface area contributed by atoms with Crippen molar-refractivity contribution < 1.29 is 4.84 Å². The first kappa shape index (κ1) is 15.8. The maximum absolute atomic E-state index is 8.88. The van der Waals surface area contributed by atoms with E-state index in [1.54, 1.807) is 6.20 Å². The average Bonchev–Trinajstić information content (AvgIpc) is 3.09. The van der Waals surface area contributed by atoms with Crippen LogP contribution >= 0.6 is 0 Å². The van der Waals surface area contributed by atoms with Gasteiger partial charge in [-0.15, -0.1) is 0 Å². The highest BCUT2D eigenvalue weighted by atomic mass is 16.7. The Bertz CT molecular complexity index is 800. The highest BCUT2D eigenvalue weighted by molar-refractivity contribution is 6.01. The lowest BCUT2D eigenvalue weighted by Crippen LogP contribution is -2.44. The van der Waals surface area contributed by atoms with Crippen molar-refractivity contribution in [2.45, 2.75) is 31.4 Å². The Morgan fingerprint density at radius 2 is 1.96 bits per heavy atom. The molecule has 0 amide bonds. The third-order valence-corrected chi connectivity index (χ3v) is 5.09. The van der Waals surface area contributed by atoms with Gasteiger partial charge in [-0.2, -0.15) is 5.26 Å². The number of hydrogen-bond donors (Lipinski definition) is 0. The van der Waals surface area contributed by atoms with Crippen molar-refractivity contribution >= 4 is 5.71 Å². The molecule has 0 aliphatic carbocycles. The lowest BCUT2D eigenvalue weighted by molar-refractivity contribution is -0.0627. The van der Waals surface area contributed by atoms with Gasteiger partial charge >= 0.3 is 0 Å². The van der Waals surface area contributed by atoms with Gasteiger partial charge in [0.25, 0.3) is 0 Å². The van der Waals surface area contributed by atoms with Crippen LogP contribution in [0.25, 0.3) is 0 Å². The van der Waals surface area contributed by atoms with Crippen LogP contribution in [0.15, 0.2) is 53.9 Å². The Morgan fingerprint density at radius 1 is 1.16 bits per heavy atom. The van der Waals surface area contributed by atoms with Crippen molar-refractivity contribution in [3.63, 3.8) is 0 Å². The molecule has 2 aliphatic heterocycles. The summed E-state index contributed by atoms with van der Waals surface area (Å²) in [6.07, 6.45) is 6.45. The van der Waals surface area contributed by atoms with Crippen LogP contribution < -0.4 is 0 Å². The van der Waals surface area contributed by atoms with Crippen molar-refractivity contribution in [1.29, 1.82) is 5.26 Å². The molecule has 4 rings (SSSR count). The number of likely N-dealkylation sites (tertiary alicyclic amines) is 1. The zero-order valence-corrected chi connectivity index (χ0v) is 14.1. The summed E-state index contributed by atoms with van der Waals surface area (Å²) >= 11 is 0. The molecule has 1 saturated heterocycles. The van der Waals surface area contributed by atoms with Crippen molar-refractivity contribution in [2.24, 2.45) is 5.16 Å². The van der Waals surface area contributed by atoms with Gasteiger partial charge in [0.05, 0.1) is 17.3 Å². The SMILES string of the molecule is N#Cc1ccc(CN2CCC3(CC2)CC(c2cccnc2)=NO3)cc1. The molecule has 0 unspecified atom stereocenters. The Hall–Kier alpha value is -2.71. The number of rotatable bonds is 3. The van der Waals surface area contributed by atoms with Gasteiger partial charge in [-0.3, -0.25) is 9.88 Å². The fraction of sp³-hybridized carbons (Fsp3) is 0.350. The van der Waals surface area contributed by atoms with E-state index < -0.39 is 0 Å². The quantitative estimate of drug-likeness (QED) is 0.866. The standard InChI is InChI=1S/C20H20N4O/c21-13-16-3-5-17(6-4-16)15-24-10-7-20(8-11-24)12-19(23-25-20)18-2-1-9-22-14-18/h1-6,9,14H,7-8,10-12,15H2. The van der Waals surface area contributed by atoms with Crippen LogP contribution in [0.2, 0.25) is 0 Å². The largest absolute Gasteiger partial charge is 0.388 e. The highest BCUT2D eigenvalue weighted by Gasteiger charge is 2.42. The van der Waals surface area contributed by atoms with E-state index in [1.807, 2.05) is 42.6 Å². The van der Waals surface area contributed by atoms with E-state index in [2.05, 4.69) is 21.1 Å². The average molecular weight is 332 g/mol. The van der Waals surface area contributed by atoms with Gasteiger partial charge in [0.2, 0.25) is 0 Å². The molecule has 0 saturated carbocycles. The Kier molecular flexibility index (Phi) is 4.21. The summed E-state index contributed by atoms with van der Waals surface area (Å²) in [6.45, 7) is 2.91. The van der Waals surface area contributed by atoms with Crippen LogP contribution in [0.4, 0.5) is 0 Å². The van der Waals surface area contributed by atoms with E-state index in [9.17, 15) is 0 Å². The van der Waals surface area contributed by atoms with Crippen molar-refractivity contribution in [2.75, 3.05) is 13.1 Å². The molecule has 5 nitrogen and oxygen atoms in total. The van der Waals surface area contributed by atoms with E-state index in [0.717, 1.165) is 50.2 Å². The number of hydrogen-bond acceptors (Lipinski definition) is 5. The summed E-state index contributed by atoms with van der Waals surface area (Å²) in [4.78, 5) is 12.5. The molecular formula is C20H20N4O. The van der Waals surface area contributed by atoms with E-state index in [-0.39, 0.29) is 5.60 Å². The van der Waals surface area contributed by atoms with E-state index in [0.29, 0.717) is 5.56 Å². The first-order chi connectivity index (χ1) is 12.3. The van der Waals surface area contributed by atoms with Gasteiger partial charge in [-0.1, -0.05) is 17.3 Å². The molecule has 3 heterocycles. The second kappa shape index (κ2) is 6.66. The lowest BCUT2D eigenvalue weighted by atomic mass is 9.85. The monoisotopic (exact) mass is 332 g/mol. The first-order valence-corrected chi connectivity index (χ1v) is 8.63. The number of nitrogens with zero attached hydrogens (tertiary/aromatic N) is 4. The van der Waals surface area contributed by atoms with E-state index in [4.69, 9.17) is 10.1 Å². The molecule has 5 heteroatoms. The summed E-state index contributed by atoms with van der Waals surface area (Å²) in [6, 6.07) is 14.0. The topological polar surface area (TPSA) is 61.5 Å². The zero-order chi connectivity index (χ0) is 17.1. The summed E-state index contributed by atoms with van der Waals surface area (Å²) in [5, 5.41) is 13.2. The summed E-state index contributed by atoms with van der Waals surface area (Å²) in [7, 11) is 0. The number of pyridine rings is 1. The molecule has 126 valence electrons. The van der Waals surface area contributed by atoms with Crippen LogP contribution in [-0.2, 0) is 11.4 Å². The second-order valence-electron chi connectivity index (χ2n) is 6.82. The normalized spacial score (nSPS) is 19.2. The third-order valence-electron chi connectivity index (χ3n) is 5.09. The van der Waals surface area contributed by atoms with Crippen molar-refractivity contribution in [3.05, 3.63) is 65.5 Å². The Morgan fingerprint density at radius 3 is 2.64 bits per heavy atom. The summed E-state index contributed by atoms with van der Waals surface area (Å²) in [5.74, 6) is 0. The van der Waals surface area contributed by atoms with Crippen LogP contribution in [0.3, 0.4) is 0 Å². The lowest BCUT2D eigenvalue weighted by Gasteiger charge is -2.37. The van der Waals surface area contributed by atoms with Gasteiger partial charge in [0.1, 0.15) is 5.60 Å². The molecule has 25 heavy (non-hydrogen) atoms. The maximum atomic E-state index is 8.88. The smallest absolute Gasteiger partial charge is 0.145 e. The summed E-state index contributed by atoms with van der Waals surface area (Å²) in [5.41, 5.74) is 3.87. The predicted octanol–water partition coefficient (Wildman–Crippen LogP) is 3.11. The molecular weight excluding hydrogens is 312 g/mol. The third kappa shape index (κ3) is 3.40. The van der Waals surface area contributed by atoms with Gasteiger partial charge < -0.3 is 4.84 Å². The van der Waals surface area contributed by atoms with Crippen LogP contribution in [0.5, 0.6) is 0 Å². The number of piperidine rings is 1. The molecule has 1 fully saturated rings. The van der Waals surface area contributed by atoms with Crippen LogP contribution in [0, 0.1) is 11.3 Å². The molecule has 2 aromatic rings.